The van der Waals surface area contributed by atoms with E-state index in [2.05, 4.69) is 15.9 Å². The van der Waals surface area contributed by atoms with Crippen LogP contribution in [0.2, 0.25) is 0 Å². The van der Waals surface area contributed by atoms with Gasteiger partial charge in [-0.1, -0.05) is 28.1 Å². The molecule has 2 rings (SSSR count). The van der Waals surface area contributed by atoms with Crippen LogP contribution in [0.1, 0.15) is 11.1 Å². The largest absolute Gasteiger partial charge is 0.497 e. The van der Waals surface area contributed by atoms with Gasteiger partial charge in [-0.2, -0.15) is 0 Å². The first kappa shape index (κ1) is 14.9. The van der Waals surface area contributed by atoms with Gasteiger partial charge in [0.05, 0.1) is 20.3 Å². The van der Waals surface area contributed by atoms with Crippen LogP contribution >= 0.6 is 15.9 Å². The summed E-state index contributed by atoms with van der Waals surface area (Å²) in [6, 6.07) is 13.6. The van der Waals surface area contributed by atoms with Crippen molar-refractivity contribution in [3.63, 3.8) is 0 Å². The number of ether oxygens (including phenoxy) is 2. The van der Waals surface area contributed by atoms with Crippen LogP contribution in [0.15, 0.2) is 46.9 Å². The second-order valence-electron chi connectivity index (χ2n) is 4.36. The van der Waals surface area contributed by atoms with E-state index >= 15 is 0 Å². The summed E-state index contributed by atoms with van der Waals surface area (Å²) in [7, 11) is 1.66. The Bertz CT molecular complexity index is 552. The van der Waals surface area contributed by atoms with Gasteiger partial charge in [-0.3, -0.25) is 0 Å². The van der Waals surface area contributed by atoms with Crippen molar-refractivity contribution in [2.75, 3.05) is 13.7 Å². The lowest BCUT2D eigenvalue weighted by Gasteiger charge is -2.09. The highest BCUT2D eigenvalue weighted by molar-refractivity contribution is 9.10. The maximum absolute atomic E-state index is 9.20. The van der Waals surface area contributed by atoms with Crippen molar-refractivity contribution < 1.29 is 14.6 Å². The van der Waals surface area contributed by atoms with Gasteiger partial charge in [-0.15, -0.1) is 0 Å². The van der Waals surface area contributed by atoms with E-state index in [1.165, 1.54) is 5.56 Å². The van der Waals surface area contributed by atoms with E-state index in [9.17, 15) is 5.11 Å². The van der Waals surface area contributed by atoms with Crippen LogP contribution in [-0.2, 0) is 13.0 Å². The molecule has 1 N–H and O–H groups in total. The third-order valence-corrected chi connectivity index (χ3v) is 3.78. The average molecular weight is 337 g/mol. The monoisotopic (exact) mass is 336 g/mol. The van der Waals surface area contributed by atoms with E-state index in [-0.39, 0.29) is 6.61 Å². The van der Waals surface area contributed by atoms with Crippen molar-refractivity contribution in [1.29, 1.82) is 0 Å². The van der Waals surface area contributed by atoms with Gasteiger partial charge in [0.2, 0.25) is 0 Å². The van der Waals surface area contributed by atoms with Crippen LogP contribution in [0.4, 0.5) is 0 Å². The Hall–Kier alpha value is -1.52. The number of hydrogen-bond acceptors (Lipinski definition) is 3. The molecule has 0 saturated carbocycles. The molecule has 0 atom stereocenters. The van der Waals surface area contributed by atoms with E-state index in [0.29, 0.717) is 6.61 Å². The second-order valence-corrected chi connectivity index (χ2v) is 5.21. The molecule has 0 spiro atoms. The van der Waals surface area contributed by atoms with Crippen molar-refractivity contribution in [3.8, 4) is 11.5 Å². The normalized spacial score (nSPS) is 10.3. The van der Waals surface area contributed by atoms with Crippen molar-refractivity contribution in [3.05, 3.63) is 58.1 Å². The predicted octanol–water partition coefficient (Wildman–Crippen LogP) is 3.57. The van der Waals surface area contributed by atoms with Crippen LogP contribution in [0.5, 0.6) is 11.5 Å². The maximum Gasteiger partial charge on any atom is 0.119 e. The molecule has 2 aromatic rings. The molecule has 0 aliphatic heterocycles. The van der Waals surface area contributed by atoms with Crippen LogP contribution < -0.4 is 9.47 Å². The van der Waals surface area contributed by atoms with Crippen LogP contribution in [-0.4, -0.2) is 18.8 Å². The number of benzene rings is 2. The topological polar surface area (TPSA) is 38.7 Å². The molecule has 0 saturated heterocycles. The fraction of sp³-hybridized carbons (Fsp3) is 0.250. The summed E-state index contributed by atoms with van der Waals surface area (Å²) in [5.74, 6) is 1.63. The molecule has 20 heavy (non-hydrogen) atoms. The SMILES string of the molecule is COc1ccc(CCOc2ccc(Br)c(CO)c2)cc1. The zero-order valence-corrected chi connectivity index (χ0v) is 12.9. The van der Waals surface area contributed by atoms with Gasteiger partial charge in [-0.25, -0.2) is 0 Å². The van der Waals surface area contributed by atoms with Crippen LogP contribution in [0.3, 0.4) is 0 Å². The van der Waals surface area contributed by atoms with E-state index < -0.39 is 0 Å². The number of aliphatic hydroxyl groups excluding tert-OH is 1. The van der Waals surface area contributed by atoms with Gasteiger partial charge in [-0.05, 0) is 41.5 Å². The molecule has 0 radical (unpaired) electrons. The lowest BCUT2D eigenvalue weighted by atomic mass is 10.1. The molecule has 0 heterocycles. The molecule has 3 nitrogen and oxygen atoms in total. The van der Waals surface area contributed by atoms with Crippen molar-refractivity contribution in [1.82, 2.24) is 0 Å². The molecule has 0 aromatic heterocycles. The van der Waals surface area contributed by atoms with Crippen molar-refractivity contribution in [2.24, 2.45) is 0 Å². The Balaban J connectivity index is 1.88. The second kappa shape index (κ2) is 7.31. The lowest BCUT2D eigenvalue weighted by molar-refractivity contribution is 0.278. The lowest BCUT2D eigenvalue weighted by Crippen LogP contribution is -2.02. The van der Waals surface area contributed by atoms with Crippen molar-refractivity contribution >= 4 is 15.9 Å². The first-order valence-corrected chi connectivity index (χ1v) is 7.17. The zero-order chi connectivity index (χ0) is 14.4. The summed E-state index contributed by atoms with van der Waals surface area (Å²) in [6.45, 7) is 0.592. The first-order valence-electron chi connectivity index (χ1n) is 6.38. The summed E-state index contributed by atoms with van der Waals surface area (Å²) >= 11 is 3.38. The number of halogens is 1. The van der Waals surface area contributed by atoms with Gasteiger partial charge in [0.15, 0.2) is 0 Å². The van der Waals surface area contributed by atoms with E-state index in [0.717, 1.165) is 28.0 Å². The maximum atomic E-state index is 9.20. The molecule has 0 bridgehead atoms. The number of aliphatic hydroxyl groups is 1. The summed E-state index contributed by atoms with van der Waals surface area (Å²) in [5.41, 5.74) is 2.03. The Kier molecular flexibility index (Phi) is 5.44. The third-order valence-electron chi connectivity index (χ3n) is 3.01. The minimum atomic E-state index is -0.00371. The van der Waals surface area contributed by atoms with E-state index in [1.807, 2.05) is 42.5 Å². The fourth-order valence-corrected chi connectivity index (χ4v) is 2.21. The number of hydrogen-bond donors (Lipinski definition) is 1. The number of methoxy groups -OCH3 is 1. The molecule has 0 aliphatic carbocycles. The zero-order valence-electron chi connectivity index (χ0n) is 11.3. The molecule has 0 amide bonds. The fourth-order valence-electron chi connectivity index (χ4n) is 1.84. The minimum absolute atomic E-state index is 0.00371. The molecule has 0 fully saturated rings. The van der Waals surface area contributed by atoms with Crippen LogP contribution in [0, 0.1) is 0 Å². The molecular formula is C16H17BrO3. The summed E-state index contributed by atoms with van der Waals surface area (Å²) in [6.07, 6.45) is 0.828. The summed E-state index contributed by atoms with van der Waals surface area (Å²) < 4.78 is 11.7. The van der Waals surface area contributed by atoms with Crippen LogP contribution in [0.25, 0.3) is 0 Å². The van der Waals surface area contributed by atoms with Gasteiger partial charge in [0.25, 0.3) is 0 Å². The molecule has 0 unspecified atom stereocenters. The standard InChI is InChI=1S/C16H17BrO3/c1-19-14-4-2-12(3-5-14)8-9-20-15-6-7-16(17)13(10-15)11-18/h2-7,10,18H,8-9,11H2,1H3. The van der Waals surface area contributed by atoms with Crippen molar-refractivity contribution in [2.45, 2.75) is 13.0 Å². The highest BCUT2D eigenvalue weighted by Gasteiger charge is 2.02. The highest BCUT2D eigenvalue weighted by Crippen LogP contribution is 2.22. The summed E-state index contributed by atoms with van der Waals surface area (Å²) in [5, 5.41) is 9.20. The Morgan fingerprint density at radius 3 is 2.40 bits per heavy atom. The molecule has 4 heteroatoms. The Morgan fingerprint density at radius 2 is 1.75 bits per heavy atom. The summed E-state index contributed by atoms with van der Waals surface area (Å²) in [4.78, 5) is 0. The molecule has 0 aliphatic rings. The van der Waals surface area contributed by atoms with Gasteiger partial charge in [0, 0.05) is 10.9 Å². The molecule has 2 aromatic carbocycles. The Morgan fingerprint density at radius 1 is 1.05 bits per heavy atom. The molecular weight excluding hydrogens is 320 g/mol. The van der Waals surface area contributed by atoms with Gasteiger partial charge < -0.3 is 14.6 Å². The van der Waals surface area contributed by atoms with E-state index in [1.54, 1.807) is 7.11 Å². The predicted molar refractivity (Wildman–Crippen MR) is 82.3 cm³/mol. The van der Waals surface area contributed by atoms with Gasteiger partial charge in [0.1, 0.15) is 11.5 Å². The van der Waals surface area contributed by atoms with E-state index in [4.69, 9.17) is 9.47 Å². The average Bonchev–Trinajstić information content (AvgIpc) is 2.49. The molecule has 106 valence electrons. The Labute approximate surface area is 127 Å². The minimum Gasteiger partial charge on any atom is -0.497 e. The smallest absolute Gasteiger partial charge is 0.119 e. The third kappa shape index (κ3) is 3.99. The highest BCUT2D eigenvalue weighted by atomic mass is 79.9. The number of rotatable bonds is 6. The quantitative estimate of drug-likeness (QED) is 0.876. The first-order chi connectivity index (χ1) is 9.72. The van der Waals surface area contributed by atoms with Gasteiger partial charge >= 0.3 is 0 Å².